The fraction of sp³-hybridized carbons (Fsp3) is 0.625. The van der Waals surface area contributed by atoms with Gasteiger partial charge in [0.2, 0.25) is 0 Å². The second kappa shape index (κ2) is 8.00. The van der Waals surface area contributed by atoms with Crippen LogP contribution in [0.25, 0.3) is 0 Å². The van der Waals surface area contributed by atoms with Crippen LogP contribution in [0, 0.1) is 5.92 Å². The number of methoxy groups -OCH3 is 3. The van der Waals surface area contributed by atoms with Crippen molar-refractivity contribution in [1.82, 2.24) is 5.32 Å². The summed E-state index contributed by atoms with van der Waals surface area (Å²) in [5, 5.41) is 3.54. The monoisotopic (exact) mass is 281 g/mol. The van der Waals surface area contributed by atoms with Crippen LogP contribution in [0.2, 0.25) is 0 Å². The van der Waals surface area contributed by atoms with Crippen LogP contribution in [-0.2, 0) is 6.54 Å². The molecule has 20 heavy (non-hydrogen) atoms. The highest BCUT2D eigenvalue weighted by molar-refractivity contribution is 5.50. The normalized spacial score (nSPS) is 13.7. The first-order valence-corrected chi connectivity index (χ1v) is 7.09. The highest BCUT2D eigenvalue weighted by atomic mass is 16.5. The molecule has 2 atom stereocenters. The van der Waals surface area contributed by atoms with Crippen molar-refractivity contribution in [2.75, 3.05) is 21.3 Å². The van der Waals surface area contributed by atoms with Crippen molar-refractivity contribution in [2.24, 2.45) is 5.92 Å². The van der Waals surface area contributed by atoms with Crippen molar-refractivity contribution in [3.63, 3.8) is 0 Å². The average Bonchev–Trinajstić information content (AvgIpc) is 2.50. The SMILES string of the molecule is CCC(C)C(C)NCc1c(OC)cc(OC)cc1OC. The molecule has 0 aliphatic heterocycles. The van der Waals surface area contributed by atoms with Gasteiger partial charge in [0.25, 0.3) is 0 Å². The number of nitrogens with one attached hydrogen (secondary N) is 1. The smallest absolute Gasteiger partial charge is 0.130 e. The van der Waals surface area contributed by atoms with Crippen molar-refractivity contribution in [1.29, 1.82) is 0 Å². The molecule has 0 fully saturated rings. The average molecular weight is 281 g/mol. The molecule has 0 saturated heterocycles. The molecule has 0 heterocycles. The van der Waals surface area contributed by atoms with Crippen LogP contribution < -0.4 is 19.5 Å². The zero-order valence-electron chi connectivity index (χ0n) is 13.4. The van der Waals surface area contributed by atoms with Gasteiger partial charge in [-0.05, 0) is 12.8 Å². The Hall–Kier alpha value is -1.42. The van der Waals surface area contributed by atoms with Gasteiger partial charge < -0.3 is 19.5 Å². The molecule has 114 valence electrons. The molecule has 0 aliphatic carbocycles. The fourth-order valence-electron chi connectivity index (χ4n) is 2.07. The largest absolute Gasteiger partial charge is 0.496 e. The predicted molar refractivity (Wildman–Crippen MR) is 81.9 cm³/mol. The van der Waals surface area contributed by atoms with Gasteiger partial charge in [0.15, 0.2) is 0 Å². The van der Waals surface area contributed by atoms with Gasteiger partial charge in [-0.1, -0.05) is 20.3 Å². The molecule has 0 aliphatic rings. The maximum absolute atomic E-state index is 5.45. The summed E-state index contributed by atoms with van der Waals surface area (Å²) in [5.74, 6) is 2.93. The number of hydrogen-bond acceptors (Lipinski definition) is 4. The van der Waals surface area contributed by atoms with E-state index in [1.165, 1.54) is 0 Å². The Morgan fingerprint density at radius 2 is 1.55 bits per heavy atom. The Bertz CT molecular complexity index is 395. The Balaban J connectivity index is 2.92. The third-order valence-corrected chi connectivity index (χ3v) is 3.92. The summed E-state index contributed by atoms with van der Waals surface area (Å²) in [7, 11) is 4.96. The number of rotatable bonds is 8. The summed E-state index contributed by atoms with van der Waals surface area (Å²) < 4.78 is 16.2. The summed E-state index contributed by atoms with van der Waals surface area (Å²) in [6.07, 6.45) is 1.16. The van der Waals surface area contributed by atoms with Crippen LogP contribution in [0.3, 0.4) is 0 Å². The number of benzene rings is 1. The van der Waals surface area contributed by atoms with E-state index < -0.39 is 0 Å². The second-order valence-electron chi connectivity index (χ2n) is 5.07. The van der Waals surface area contributed by atoms with Crippen LogP contribution in [0.15, 0.2) is 12.1 Å². The zero-order valence-corrected chi connectivity index (χ0v) is 13.4. The molecule has 0 amide bonds. The molecule has 1 aromatic rings. The van der Waals surface area contributed by atoms with Crippen molar-refractivity contribution in [3.8, 4) is 17.2 Å². The van der Waals surface area contributed by atoms with Crippen LogP contribution in [0.1, 0.15) is 32.8 Å². The first-order chi connectivity index (χ1) is 9.57. The van der Waals surface area contributed by atoms with Crippen molar-refractivity contribution in [2.45, 2.75) is 39.8 Å². The summed E-state index contributed by atoms with van der Waals surface area (Å²) in [6, 6.07) is 4.21. The van der Waals surface area contributed by atoms with E-state index in [0.717, 1.165) is 29.2 Å². The van der Waals surface area contributed by atoms with E-state index in [0.29, 0.717) is 18.5 Å². The lowest BCUT2D eigenvalue weighted by atomic mass is 10.0. The van der Waals surface area contributed by atoms with Gasteiger partial charge in [0, 0.05) is 24.7 Å². The third-order valence-electron chi connectivity index (χ3n) is 3.92. The Morgan fingerprint density at radius 3 is 1.95 bits per heavy atom. The molecule has 1 aromatic carbocycles. The topological polar surface area (TPSA) is 39.7 Å². The maximum Gasteiger partial charge on any atom is 0.130 e. The minimum atomic E-state index is 0.441. The van der Waals surface area contributed by atoms with E-state index >= 15 is 0 Å². The molecule has 0 aromatic heterocycles. The molecule has 0 bridgehead atoms. The van der Waals surface area contributed by atoms with Gasteiger partial charge in [-0.2, -0.15) is 0 Å². The summed E-state index contributed by atoms with van der Waals surface area (Å²) in [6.45, 7) is 7.37. The van der Waals surface area contributed by atoms with Crippen molar-refractivity contribution < 1.29 is 14.2 Å². The molecule has 4 nitrogen and oxygen atoms in total. The van der Waals surface area contributed by atoms with Gasteiger partial charge >= 0.3 is 0 Å². The lowest BCUT2D eigenvalue weighted by Crippen LogP contribution is -2.31. The van der Waals surface area contributed by atoms with E-state index in [4.69, 9.17) is 14.2 Å². The minimum Gasteiger partial charge on any atom is -0.496 e. The van der Waals surface area contributed by atoms with E-state index in [1.807, 2.05) is 12.1 Å². The first-order valence-electron chi connectivity index (χ1n) is 7.09. The van der Waals surface area contributed by atoms with Crippen LogP contribution in [0.4, 0.5) is 0 Å². The van der Waals surface area contributed by atoms with Crippen molar-refractivity contribution >= 4 is 0 Å². The quantitative estimate of drug-likeness (QED) is 0.794. The molecule has 2 unspecified atom stereocenters. The van der Waals surface area contributed by atoms with Gasteiger partial charge in [0.05, 0.1) is 26.9 Å². The van der Waals surface area contributed by atoms with Gasteiger partial charge in [-0.15, -0.1) is 0 Å². The molecule has 0 radical (unpaired) electrons. The Kier molecular flexibility index (Phi) is 6.65. The Morgan fingerprint density at radius 1 is 1.00 bits per heavy atom. The summed E-state index contributed by atoms with van der Waals surface area (Å²) in [5.41, 5.74) is 1.02. The van der Waals surface area contributed by atoms with E-state index in [-0.39, 0.29) is 0 Å². The number of hydrogen-bond donors (Lipinski definition) is 1. The fourth-order valence-corrected chi connectivity index (χ4v) is 2.07. The highest BCUT2D eigenvalue weighted by Gasteiger charge is 2.15. The van der Waals surface area contributed by atoms with E-state index in [9.17, 15) is 0 Å². The van der Waals surface area contributed by atoms with E-state index in [1.54, 1.807) is 21.3 Å². The van der Waals surface area contributed by atoms with Crippen LogP contribution in [-0.4, -0.2) is 27.4 Å². The lowest BCUT2D eigenvalue weighted by Gasteiger charge is -2.22. The summed E-state index contributed by atoms with van der Waals surface area (Å²) in [4.78, 5) is 0. The molecule has 1 N–H and O–H groups in total. The van der Waals surface area contributed by atoms with Gasteiger partial charge in [-0.25, -0.2) is 0 Å². The van der Waals surface area contributed by atoms with Crippen molar-refractivity contribution in [3.05, 3.63) is 17.7 Å². The molecule has 0 saturated carbocycles. The predicted octanol–water partition coefficient (Wildman–Crippen LogP) is 3.24. The molecule has 0 spiro atoms. The minimum absolute atomic E-state index is 0.441. The highest BCUT2D eigenvalue weighted by Crippen LogP contribution is 2.34. The van der Waals surface area contributed by atoms with Crippen LogP contribution >= 0.6 is 0 Å². The lowest BCUT2D eigenvalue weighted by molar-refractivity contribution is 0.354. The van der Waals surface area contributed by atoms with Gasteiger partial charge in [0.1, 0.15) is 17.2 Å². The van der Waals surface area contributed by atoms with Crippen LogP contribution in [0.5, 0.6) is 17.2 Å². The molecule has 1 rings (SSSR count). The molecule has 4 heteroatoms. The second-order valence-corrected chi connectivity index (χ2v) is 5.07. The van der Waals surface area contributed by atoms with Gasteiger partial charge in [-0.3, -0.25) is 0 Å². The van der Waals surface area contributed by atoms with E-state index in [2.05, 4.69) is 26.1 Å². The first kappa shape index (κ1) is 16.6. The summed E-state index contributed by atoms with van der Waals surface area (Å²) >= 11 is 0. The third kappa shape index (κ3) is 4.04. The molecular formula is C16H27NO3. The number of ether oxygens (including phenoxy) is 3. The molecular weight excluding hydrogens is 254 g/mol. The maximum atomic E-state index is 5.45. The zero-order chi connectivity index (χ0) is 15.1. The Labute approximate surface area is 122 Å². The standard InChI is InChI=1S/C16H27NO3/c1-7-11(2)12(3)17-10-14-15(19-5)8-13(18-4)9-16(14)20-6/h8-9,11-12,17H,7,10H2,1-6H3.